The van der Waals surface area contributed by atoms with Gasteiger partial charge < -0.3 is 20.8 Å². The first kappa shape index (κ1) is 24.6. The van der Waals surface area contributed by atoms with Crippen molar-refractivity contribution in [3.8, 4) is 16.8 Å². The summed E-state index contributed by atoms with van der Waals surface area (Å²) < 4.78 is 15.7. The van der Waals surface area contributed by atoms with Gasteiger partial charge in [-0.15, -0.1) is 0 Å². The third-order valence-corrected chi connectivity index (χ3v) is 5.57. The van der Waals surface area contributed by atoms with E-state index in [0.29, 0.717) is 16.9 Å². The van der Waals surface area contributed by atoms with E-state index in [9.17, 15) is 14.3 Å². The van der Waals surface area contributed by atoms with E-state index in [1.807, 2.05) is 30.5 Å². The number of aryl methyl sites for hydroxylation is 1. The van der Waals surface area contributed by atoms with Crippen molar-refractivity contribution < 1.29 is 14.3 Å². The number of hydrogen-bond acceptors (Lipinski definition) is 4. The van der Waals surface area contributed by atoms with Gasteiger partial charge in [0.05, 0.1) is 5.52 Å². The Morgan fingerprint density at radius 2 is 1.79 bits per heavy atom. The predicted molar refractivity (Wildman–Crippen MR) is 136 cm³/mol. The first-order valence-electron chi connectivity index (χ1n) is 11.2. The summed E-state index contributed by atoms with van der Waals surface area (Å²) in [5.74, 6) is -1.35. The number of aromatic nitrogens is 2. The fraction of sp³-hybridized carbons (Fsp3) is 0.222. The van der Waals surface area contributed by atoms with Gasteiger partial charge in [0.15, 0.2) is 0 Å². The van der Waals surface area contributed by atoms with Crippen LogP contribution in [0.2, 0.25) is 0 Å². The topological polar surface area (TPSA) is 105 Å². The van der Waals surface area contributed by atoms with Gasteiger partial charge in [-0.1, -0.05) is 33.8 Å². The minimum absolute atomic E-state index is 0.0229. The molecule has 0 saturated carbocycles. The number of carbonyl (C=O) groups is 1. The third kappa shape index (κ3) is 4.29. The van der Waals surface area contributed by atoms with E-state index in [1.54, 1.807) is 25.1 Å². The summed E-state index contributed by atoms with van der Waals surface area (Å²) in [7, 11) is 0. The summed E-state index contributed by atoms with van der Waals surface area (Å²) >= 11 is 0. The van der Waals surface area contributed by atoms with Gasteiger partial charge in [-0.2, -0.15) is 0 Å². The van der Waals surface area contributed by atoms with Gasteiger partial charge in [-0.05, 0) is 55.3 Å². The van der Waals surface area contributed by atoms with Crippen molar-refractivity contribution in [2.75, 3.05) is 5.73 Å². The van der Waals surface area contributed by atoms with Crippen LogP contribution in [0.25, 0.3) is 27.7 Å². The van der Waals surface area contributed by atoms with Crippen molar-refractivity contribution in [2.45, 2.75) is 40.5 Å². The van der Waals surface area contributed by atoms with Crippen molar-refractivity contribution in [2.24, 2.45) is 0 Å². The third-order valence-electron chi connectivity index (χ3n) is 5.57. The molecule has 4 aromatic rings. The van der Waals surface area contributed by atoms with Crippen molar-refractivity contribution in [3.63, 3.8) is 0 Å². The van der Waals surface area contributed by atoms with E-state index in [1.165, 1.54) is 24.4 Å². The Hall–Kier alpha value is -4.00. The van der Waals surface area contributed by atoms with E-state index in [-0.39, 0.29) is 17.4 Å². The fourth-order valence-electron chi connectivity index (χ4n) is 4.15. The van der Waals surface area contributed by atoms with Crippen LogP contribution in [0.15, 0.2) is 48.5 Å². The number of nitrogens with one attached hydrogen (secondary N) is 1. The lowest BCUT2D eigenvalue weighted by Gasteiger charge is -2.16. The minimum Gasteiger partial charge on any atom is -0.477 e. The number of benzene rings is 2. The number of pyridine rings is 1. The van der Waals surface area contributed by atoms with Gasteiger partial charge in [-0.25, -0.2) is 14.2 Å². The van der Waals surface area contributed by atoms with Gasteiger partial charge >= 0.3 is 5.97 Å². The number of nitrogens with zero attached hydrogens (tertiary/aromatic N) is 2. The standard InChI is InChI=1S/C25H23FN4O2.C2H6/c1-13(2)24-23(18-8-9-21(25(31)32)29-14(18)3)19-11-20(28)15(12-27)10-22(19)30(24)17-6-4-16(26)5-7-17;1-2/h4-13,27H,28H2,1-3H3,(H,31,32);1-2H3. The maximum atomic E-state index is 13.7. The SMILES string of the molecule is CC.Cc1nc(C(=O)O)ccc1-c1c(C(C)C)n(-c2ccc(F)cc2)c2cc(C=N)c(N)cc12. The molecule has 0 aliphatic carbocycles. The summed E-state index contributed by atoms with van der Waals surface area (Å²) in [5.41, 5.74) is 12.1. The number of hydrogen-bond donors (Lipinski definition) is 3. The van der Waals surface area contributed by atoms with Crippen molar-refractivity contribution in [1.82, 2.24) is 9.55 Å². The number of carboxylic acids is 1. The Morgan fingerprint density at radius 1 is 1.15 bits per heavy atom. The maximum Gasteiger partial charge on any atom is 0.354 e. The average Bonchev–Trinajstić information content (AvgIpc) is 3.14. The van der Waals surface area contributed by atoms with E-state index in [2.05, 4.69) is 18.8 Å². The summed E-state index contributed by atoms with van der Waals surface area (Å²) in [4.78, 5) is 15.7. The highest BCUT2D eigenvalue weighted by molar-refractivity contribution is 6.05. The Bertz CT molecular complexity index is 1370. The molecule has 6 nitrogen and oxygen atoms in total. The largest absolute Gasteiger partial charge is 0.477 e. The van der Waals surface area contributed by atoms with Gasteiger partial charge in [0, 0.05) is 51.1 Å². The average molecular weight is 461 g/mol. The van der Waals surface area contributed by atoms with E-state index in [0.717, 1.165) is 33.4 Å². The Labute approximate surface area is 198 Å². The van der Waals surface area contributed by atoms with E-state index >= 15 is 0 Å². The van der Waals surface area contributed by atoms with Gasteiger partial charge in [0.25, 0.3) is 0 Å². The molecule has 2 aromatic heterocycles. The highest BCUT2D eigenvalue weighted by Gasteiger charge is 2.24. The molecule has 2 aromatic carbocycles. The predicted octanol–water partition coefficient (Wildman–Crippen LogP) is 6.57. The molecule has 2 heterocycles. The van der Waals surface area contributed by atoms with Gasteiger partial charge in [0.2, 0.25) is 0 Å². The molecule has 0 atom stereocenters. The molecule has 7 heteroatoms. The summed E-state index contributed by atoms with van der Waals surface area (Å²) in [6, 6.07) is 13.2. The fourth-order valence-corrected chi connectivity index (χ4v) is 4.15. The molecule has 0 unspecified atom stereocenters. The second kappa shape index (κ2) is 9.87. The molecule has 0 amide bonds. The summed E-state index contributed by atoms with van der Waals surface area (Å²) in [6.07, 6.45) is 1.21. The lowest BCUT2D eigenvalue weighted by molar-refractivity contribution is 0.0690. The van der Waals surface area contributed by atoms with Crippen LogP contribution in [0, 0.1) is 18.2 Å². The van der Waals surface area contributed by atoms with Crippen LogP contribution in [0.5, 0.6) is 0 Å². The first-order valence-corrected chi connectivity index (χ1v) is 11.2. The Balaban J connectivity index is 0.00000158. The van der Waals surface area contributed by atoms with Gasteiger partial charge in [-0.3, -0.25) is 0 Å². The zero-order chi connectivity index (χ0) is 25.2. The molecule has 176 valence electrons. The zero-order valence-electron chi connectivity index (χ0n) is 20.0. The van der Waals surface area contributed by atoms with Crippen molar-refractivity contribution >= 4 is 28.8 Å². The minimum atomic E-state index is -1.09. The Morgan fingerprint density at radius 3 is 2.32 bits per heavy atom. The molecule has 34 heavy (non-hydrogen) atoms. The lowest BCUT2D eigenvalue weighted by Crippen LogP contribution is -2.05. The van der Waals surface area contributed by atoms with Crippen LogP contribution in [0.1, 0.15) is 61.1 Å². The number of halogens is 1. The summed E-state index contributed by atoms with van der Waals surface area (Å²) in [5, 5.41) is 17.9. The highest BCUT2D eigenvalue weighted by atomic mass is 19.1. The number of nitrogen functional groups attached to an aromatic ring is 1. The van der Waals surface area contributed by atoms with Crippen LogP contribution in [0.3, 0.4) is 0 Å². The second-order valence-corrected chi connectivity index (χ2v) is 8.00. The number of carboxylic acid groups (broad SMARTS) is 1. The first-order chi connectivity index (χ1) is 16.2. The smallest absolute Gasteiger partial charge is 0.354 e. The molecule has 0 radical (unpaired) electrons. The highest BCUT2D eigenvalue weighted by Crippen LogP contribution is 2.42. The second-order valence-electron chi connectivity index (χ2n) is 8.00. The van der Waals surface area contributed by atoms with Crippen LogP contribution in [0.4, 0.5) is 10.1 Å². The number of fused-ring (bicyclic) bond motifs is 1. The van der Waals surface area contributed by atoms with Crippen LogP contribution in [-0.4, -0.2) is 26.8 Å². The Kier molecular flexibility index (Phi) is 7.15. The lowest BCUT2D eigenvalue weighted by atomic mass is 9.95. The normalized spacial score (nSPS) is 10.8. The molecule has 0 bridgehead atoms. The molecule has 0 spiro atoms. The monoisotopic (exact) mass is 460 g/mol. The van der Waals surface area contributed by atoms with Crippen molar-refractivity contribution in [3.05, 3.63) is 77.0 Å². The molecule has 4 rings (SSSR count). The number of nitrogens with two attached hydrogens (primary N) is 1. The molecular formula is C27H29FN4O2. The molecular weight excluding hydrogens is 431 g/mol. The molecule has 0 saturated heterocycles. The van der Waals surface area contributed by atoms with Crippen molar-refractivity contribution in [1.29, 1.82) is 5.41 Å². The zero-order valence-corrected chi connectivity index (χ0v) is 20.0. The number of anilines is 1. The van der Waals surface area contributed by atoms with Crippen LogP contribution in [-0.2, 0) is 0 Å². The molecule has 4 N–H and O–H groups in total. The summed E-state index contributed by atoms with van der Waals surface area (Å²) in [6.45, 7) is 9.91. The van der Waals surface area contributed by atoms with E-state index < -0.39 is 5.97 Å². The van der Waals surface area contributed by atoms with Gasteiger partial charge in [0.1, 0.15) is 11.5 Å². The number of rotatable bonds is 5. The number of aromatic carboxylic acids is 1. The van der Waals surface area contributed by atoms with Crippen LogP contribution >= 0.6 is 0 Å². The molecule has 0 aliphatic rings. The van der Waals surface area contributed by atoms with Crippen LogP contribution < -0.4 is 5.73 Å². The quantitative estimate of drug-likeness (QED) is 0.231. The molecule has 0 aliphatic heterocycles. The molecule has 0 fully saturated rings. The van der Waals surface area contributed by atoms with E-state index in [4.69, 9.17) is 11.1 Å². The maximum absolute atomic E-state index is 13.7.